The number of ether oxygens (including phenoxy) is 2. The minimum absolute atomic E-state index is 0.300. The van der Waals surface area contributed by atoms with Crippen molar-refractivity contribution in [1.29, 1.82) is 0 Å². The molecule has 1 aromatic carbocycles. The molecule has 1 heterocycles. The summed E-state index contributed by atoms with van der Waals surface area (Å²) < 4.78 is 10.4. The van der Waals surface area contributed by atoms with Crippen LogP contribution in [0.25, 0.3) is 0 Å². The third-order valence-corrected chi connectivity index (χ3v) is 5.19. The Morgan fingerprint density at radius 2 is 1.85 bits per heavy atom. The lowest BCUT2D eigenvalue weighted by atomic mass is 9.90. The maximum absolute atomic E-state index is 12.9. The fraction of sp³-hybridized carbons (Fsp3) is 0.526. The van der Waals surface area contributed by atoms with E-state index in [-0.39, 0.29) is 12.5 Å². The van der Waals surface area contributed by atoms with Gasteiger partial charge in [-0.05, 0) is 25.0 Å². The van der Waals surface area contributed by atoms with Crippen LogP contribution in [0.3, 0.4) is 0 Å². The molecule has 0 unspecified atom stereocenters. The second kappa shape index (κ2) is 7.85. The highest BCUT2D eigenvalue weighted by Gasteiger charge is 2.51. The molecule has 1 aliphatic heterocycles. The first-order chi connectivity index (χ1) is 13.0. The highest BCUT2D eigenvalue weighted by atomic mass is 16.5. The molecular weight excluding hydrogens is 350 g/mol. The molecule has 4 amide bonds. The number of urea groups is 1. The van der Waals surface area contributed by atoms with Gasteiger partial charge in [0, 0.05) is 6.07 Å². The average Bonchev–Trinajstić information content (AvgIpc) is 2.84. The zero-order chi connectivity index (χ0) is 19.4. The zero-order valence-corrected chi connectivity index (χ0v) is 15.7. The van der Waals surface area contributed by atoms with E-state index in [0.717, 1.165) is 30.6 Å². The summed E-state index contributed by atoms with van der Waals surface area (Å²) in [5.74, 6) is 0.258. The van der Waals surface area contributed by atoms with E-state index in [1.807, 2.05) is 0 Å². The Morgan fingerprint density at radius 1 is 1.15 bits per heavy atom. The van der Waals surface area contributed by atoms with Crippen LogP contribution in [-0.4, -0.2) is 49.0 Å². The van der Waals surface area contributed by atoms with Gasteiger partial charge in [-0.15, -0.1) is 0 Å². The Morgan fingerprint density at radius 3 is 2.48 bits per heavy atom. The number of carbonyl (C=O) groups excluding carboxylic acids is 3. The third-order valence-electron chi connectivity index (χ3n) is 5.19. The molecule has 146 valence electrons. The Labute approximate surface area is 158 Å². The number of benzene rings is 1. The Balaban J connectivity index is 1.69. The van der Waals surface area contributed by atoms with Gasteiger partial charge in [0.1, 0.15) is 23.6 Å². The molecule has 2 N–H and O–H groups in total. The first-order valence-corrected chi connectivity index (χ1v) is 9.15. The number of nitrogens with zero attached hydrogens (tertiary/aromatic N) is 1. The number of methoxy groups -OCH3 is 2. The second-order valence-corrected chi connectivity index (χ2v) is 6.93. The van der Waals surface area contributed by atoms with Crippen molar-refractivity contribution >= 4 is 23.5 Å². The van der Waals surface area contributed by atoms with Crippen LogP contribution in [0.1, 0.15) is 38.5 Å². The van der Waals surface area contributed by atoms with E-state index in [4.69, 9.17) is 9.47 Å². The van der Waals surface area contributed by atoms with Gasteiger partial charge in [-0.3, -0.25) is 14.5 Å². The lowest BCUT2D eigenvalue weighted by Crippen LogP contribution is -2.47. The predicted molar refractivity (Wildman–Crippen MR) is 98.9 cm³/mol. The molecule has 0 radical (unpaired) electrons. The van der Waals surface area contributed by atoms with Crippen molar-refractivity contribution in [3.05, 3.63) is 18.2 Å². The highest BCUT2D eigenvalue weighted by molar-refractivity contribution is 6.10. The Hall–Kier alpha value is -2.77. The summed E-state index contributed by atoms with van der Waals surface area (Å²) in [5, 5.41) is 5.52. The van der Waals surface area contributed by atoms with Crippen molar-refractivity contribution in [2.24, 2.45) is 0 Å². The van der Waals surface area contributed by atoms with Crippen LogP contribution in [0, 0.1) is 0 Å². The normalized spacial score (nSPS) is 18.8. The van der Waals surface area contributed by atoms with Crippen LogP contribution in [0.15, 0.2) is 18.2 Å². The molecule has 8 nitrogen and oxygen atoms in total. The molecule has 0 aromatic heterocycles. The van der Waals surface area contributed by atoms with E-state index in [0.29, 0.717) is 30.0 Å². The summed E-state index contributed by atoms with van der Waals surface area (Å²) in [6.45, 7) is -0.332. The van der Waals surface area contributed by atoms with Crippen LogP contribution >= 0.6 is 0 Å². The maximum Gasteiger partial charge on any atom is 0.325 e. The van der Waals surface area contributed by atoms with E-state index in [9.17, 15) is 14.4 Å². The topological polar surface area (TPSA) is 97.0 Å². The fourth-order valence-electron chi connectivity index (χ4n) is 3.73. The third kappa shape index (κ3) is 3.84. The fourth-order valence-corrected chi connectivity index (χ4v) is 3.73. The number of imide groups is 1. The van der Waals surface area contributed by atoms with E-state index in [2.05, 4.69) is 10.6 Å². The van der Waals surface area contributed by atoms with Crippen molar-refractivity contribution in [2.75, 3.05) is 26.1 Å². The van der Waals surface area contributed by atoms with E-state index < -0.39 is 17.5 Å². The van der Waals surface area contributed by atoms with Crippen LogP contribution < -0.4 is 20.1 Å². The molecule has 3 rings (SSSR count). The molecule has 2 fully saturated rings. The summed E-state index contributed by atoms with van der Waals surface area (Å²) in [7, 11) is 3.02. The summed E-state index contributed by atoms with van der Waals surface area (Å²) in [6.07, 6.45) is 5.17. The van der Waals surface area contributed by atoms with Crippen LogP contribution in [-0.2, 0) is 9.59 Å². The van der Waals surface area contributed by atoms with Gasteiger partial charge in [-0.1, -0.05) is 25.7 Å². The van der Waals surface area contributed by atoms with Crippen molar-refractivity contribution < 1.29 is 23.9 Å². The van der Waals surface area contributed by atoms with Crippen LogP contribution in [0.4, 0.5) is 10.5 Å². The minimum atomic E-state index is -0.842. The first-order valence-electron chi connectivity index (χ1n) is 9.15. The number of hydrogen-bond acceptors (Lipinski definition) is 5. The predicted octanol–water partition coefficient (Wildman–Crippen LogP) is 2.29. The molecule has 27 heavy (non-hydrogen) atoms. The van der Waals surface area contributed by atoms with E-state index >= 15 is 0 Å². The summed E-state index contributed by atoms with van der Waals surface area (Å²) >= 11 is 0. The Kier molecular flexibility index (Phi) is 5.53. The number of amides is 4. The molecule has 2 aliphatic rings. The van der Waals surface area contributed by atoms with Gasteiger partial charge < -0.3 is 20.1 Å². The standard InChI is InChI=1S/C19H25N3O5/c1-26-13-7-8-14(15(11-13)27-2)20-16(23)12-22-17(24)19(21-18(22)25)9-5-3-4-6-10-19/h7-8,11H,3-6,9-10,12H2,1-2H3,(H,20,23)(H,21,25). The molecule has 1 saturated carbocycles. The van der Waals surface area contributed by atoms with Gasteiger partial charge in [0.05, 0.1) is 19.9 Å². The molecule has 0 atom stereocenters. The molecule has 1 spiro atoms. The van der Waals surface area contributed by atoms with Crippen LogP contribution in [0.5, 0.6) is 11.5 Å². The van der Waals surface area contributed by atoms with Gasteiger partial charge in [0.2, 0.25) is 5.91 Å². The molecule has 1 aliphatic carbocycles. The van der Waals surface area contributed by atoms with Gasteiger partial charge in [-0.2, -0.15) is 0 Å². The number of hydrogen-bond donors (Lipinski definition) is 2. The van der Waals surface area contributed by atoms with E-state index in [1.54, 1.807) is 18.2 Å². The van der Waals surface area contributed by atoms with Gasteiger partial charge >= 0.3 is 6.03 Å². The van der Waals surface area contributed by atoms with Crippen molar-refractivity contribution in [2.45, 2.75) is 44.1 Å². The molecule has 0 bridgehead atoms. The molecule has 1 aromatic rings. The SMILES string of the molecule is COc1ccc(NC(=O)CN2C(=O)NC3(CCCCCC3)C2=O)c(OC)c1. The van der Waals surface area contributed by atoms with Crippen LogP contribution in [0.2, 0.25) is 0 Å². The highest BCUT2D eigenvalue weighted by Crippen LogP contribution is 2.33. The smallest absolute Gasteiger partial charge is 0.325 e. The number of carbonyl (C=O) groups is 3. The number of nitrogens with one attached hydrogen (secondary N) is 2. The average molecular weight is 375 g/mol. The minimum Gasteiger partial charge on any atom is -0.497 e. The summed E-state index contributed by atoms with van der Waals surface area (Å²) in [6, 6.07) is 4.48. The van der Waals surface area contributed by atoms with Crippen molar-refractivity contribution in [1.82, 2.24) is 10.2 Å². The lowest BCUT2D eigenvalue weighted by Gasteiger charge is -2.24. The quantitative estimate of drug-likeness (QED) is 0.770. The monoisotopic (exact) mass is 375 g/mol. The zero-order valence-electron chi connectivity index (χ0n) is 15.7. The molecule has 8 heteroatoms. The Bertz CT molecular complexity index is 741. The lowest BCUT2D eigenvalue weighted by molar-refractivity contribution is -0.134. The van der Waals surface area contributed by atoms with E-state index in [1.165, 1.54) is 14.2 Å². The molecule has 1 saturated heterocycles. The number of rotatable bonds is 5. The van der Waals surface area contributed by atoms with Gasteiger partial charge in [0.25, 0.3) is 5.91 Å². The second-order valence-electron chi connectivity index (χ2n) is 6.93. The largest absolute Gasteiger partial charge is 0.497 e. The van der Waals surface area contributed by atoms with Gasteiger partial charge in [0.15, 0.2) is 0 Å². The summed E-state index contributed by atoms with van der Waals surface area (Å²) in [5.41, 5.74) is -0.398. The van der Waals surface area contributed by atoms with Gasteiger partial charge in [-0.25, -0.2) is 4.79 Å². The maximum atomic E-state index is 12.9. The van der Waals surface area contributed by atoms with Crippen molar-refractivity contribution in [3.63, 3.8) is 0 Å². The first kappa shape index (κ1) is 19.0. The number of anilines is 1. The summed E-state index contributed by atoms with van der Waals surface area (Å²) in [4.78, 5) is 38.7. The molecular formula is C19H25N3O5. The van der Waals surface area contributed by atoms with Crippen molar-refractivity contribution in [3.8, 4) is 11.5 Å².